The van der Waals surface area contributed by atoms with Crippen molar-refractivity contribution in [3.8, 4) is 0 Å². The van der Waals surface area contributed by atoms with E-state index >= 15 is 0 Å². The monoisotopic (exact) mass is 211 g/mol. The van der Waals surface area contributed by atoms with Crippen molar-refractivity contribution in [2.75, 3.05) is 13.1 Å². The number of aldehydes is 1. The van der Waals surface area contributed by atoms with Crippen LogP contribution < -0.4 is 0 Å². The first-order chi connectivity index (χ1) is 7.04. The summed E-state index contributed by atoms with van der Waals surface area (Å²) in [7, 11) is 0. The summed E-state index contributed by atoms with van der Waals surface area (Å²) in [6, 6.07) is 0.662. The fourth-order valence-corrected chi connectivity index (χ4v) is 2.17. The van der Waals surface area contributed by atoms with Crippen molar-refractivity contribution in [3.05, 3.63) is 0 Å². The Balaban J connectivity index is 2.46. The molecule has 0 aromatic carbocycles. The van der Waals surface area contributed by atoms with Gasteiger partial charge in [0.05, 0.1) is 0 Å². The molecule has 0 aliphatic heterocycles. The Labute approximate surface area is 94.0 Å². The fourth-order valence-electron chi connectivity index (χ4n) is 2.17. The summed E-state index contributed by atoms with van der Waals surface area (Å²) >= 11 is 0. The lowest BCUT2D eigenvalue weighted by molar-refractivity contribution is -0.111. The Hall–Kier alpha value is -0.370. The SMILES string of the molecule is CC(C)CN(CC(C)C=O)C(C)C1CC1. The van der Waals surface area contributed by atoms with Gasteiger partial charge in [0.1, 0.15) is 6.29 Å². The van der Waals surface area contributed by atoms with Gasteiger partial charge in [0.25, 0.3) is 0 Å². The Morgan fingerprint density at radius 3 is 2.20 bits per heavy atom. The molecule has 0 aromatic heterocycles. The molecule has 0 heterocycles. The molecular formula is C13H25NO. The van der Waals surface area contributed by atoms with Gasteiger partial charge in [0.15, 0.2) is 0 Å². The molecule has 0 bridgehead atoms. The van der Waals surface area contributed by atoms with Gasteiger partial charge < -0.3 is 4.79 Å². The summed E-state index contributed by atoms with van der Waals surface area (Å²) in [5.41, 5.74) is 0. The Morgan fingerprint density at radius 2 is 1.80 bits per heavy atom. The first kappa shape index (κ1) is 12.7. The van der Waals surface area contributed by atoms with Crippen molar-refractivity contribution in [2.24, 2.45) is 17.8 Å². The molecule has 1 aliphatic rings. The zero-order valence-electron chi connectivity index (χ0n) is 10.6. The highest BCUT2D eigenvalue weighted by Crippen LogP contribution is 2.35. The van der Waals surface area contributed by atoms with E-state index < -0.39 is 0 Å². The van der Waals surface area contributed by atoms with Crippen molar-refractivity contribution in [2.45, 2.75) is 46.6 Å². The van der Waals surface area contributed by atoms with Crippen molar-refractivity contribution >= 4 is 6.29 Å². The zero-order valence-corrected chi connectivity index (χ0v) is 10.6. The fraction of sp³-hybridized carbons (Fsp3) is 0.923. The van der Waals surface area contributed by atoms with Crippen LogP contribution in [0.3, 0.4) is 0 Å². The van der Waals surface area contributed by atoms with Gasteiger partial charge in [-0.2, -0.15) is 0 Å². The van der Waals surface area contributed by atoms with Crippen LogP contribution in [-0.4, -0.2) is 30.3 Å². The third kappa shape index (κ3) is 4.33. The quantitative estimate of drug-likeness (QED) is 0.603. The minimum atomic E-state index is 0.171. The van der Waals surface area contributed by atoms with E-state index in [2.05, 4.69) is 25.7 Å². The van der Waals surface area contributed by atoms with Gasteiger partial charge in [-0.15, -0.1) is 0 Å². The second-order valence-electron chi connectivity index (χ2n) is 5.54. The Bertz CT molecular complexity index is 199. The summed E-state index contributed by atoms with van der Waals surface area (Å²) in [4.78, 5) is 13.2. The van der Waals surface area contributed by atoms with Crippen LogP contribution in [0.25, 0.3) is 0 Å². The lowest BCUT2D eigenvalue weighted by Crippen LogP contribution is -2.40. The van der Waals surface area contributed by atoms with Crippen LogP contribution in [0.4, 0.5) is 0 Å². The maximum Gasteiger partial charge on any atom is 0.124 e. The summed E-state index contributed by atoms with van der Waals surface area (Å²) in [6.07, 6.45) is 3.84. The number of hydrogen-bond acceptors (Lipinski definition) is 2. The predicted octanol–water partition coefficient (Wildman–Crippen LogP) is 2.58. The third-order valence-electron chi connectivity index (χ3n) is 3.23. The zero-order chi connectivity index (χ0) is 11.4. The highest BCUT2D eigenvalue weighted by molar-refractivity contribution is 5.53. The normalized spacial score (nSPS) is 20.7. The maximum absolute atomic E-state index is 10.7. The van der Waals surface area contributed by atoms with E-state index in [1.807, 2.05) is 6.92 Å². The van der Waals surface area contributed by atoms with E-state index in [4.69, 9.17) is 0 Å². The minimum absolute atomic E-state index is 0.171. The van der Waals surface area contributed by atoms with Gasteiger partial charge in [0, 0.05) is 25.0 Å². The summed E-state index contributed by atoms with van der Waals surface area (Å²) in [6.45, 7) is 10.9. The Morgan fingerprint density at radius 1 is 1.20 bits per heavy atom. The molecule has 1 saturated carbocycles. The molecule has 0 saturated heterocycles. The van der Waals surface area contributed by atoms with E-state index in [1.54, 1.807) is 0 Å². The predicted molar refractivity (Wildman–Crippen MR) is 63.8 cm³/mol. The van der Waals surface area contributed by atoms with E-state index in [9.17, 15) is 4.79 Å². The number of carbonyl (C=O) groups excluding carboxylic acids is 1. The number of hydrogen-bond donors (Lipinski definition) is 0. The van der Waals surface area contributed by atoms with Crippen LogP contribution >= 0.6 is 0 Å². The molecule has 2 unspecified atom stereocenters. The maximum atomic E-state index is 10.7. The molecule has 1 rings (SSSR count). The van der Waals surface area contributed by atoms with Gasteiger partial charge in [-0.25, -0.2) is 0 Å². The van der Waals surface area contributed by atoms with Crippen LogP contribution in [0, 0.1) is 17.8 Å². The molecule has 2 nitrogen and oxygen atoms in total. The third-order valence-corrected chi connectivity index (χ3v) is 3.23. The highest BCUT2D eigenvalue weighted by Gasteiger charge is 2.32. The molecule has 0 radical (unpaired) electrons. The van der Waals surface area contributed by atoms with Crippen molar-refractivity contribution in [1.29, 1.82) is 0 Å². The van der Waals surface area contributed by atoms with Gasteiger partial charge in [-0.1, -0.05) is 20.8 Å². The van der Waals surface area contributed by atoms with Crippen molar-refractivity contribution in [1.82, 2.24) is 4.90 Å². The largest absolute Gasteiger partial charge is 0.303 e. The van der Waals surface area contributed by atoms with Gasteiger partial charge in [0.2, 0.25) is 0 Å². The molecule has 2 heteroatoms. The first-order valence-electron chi connectivity index (χ1n) is 6.24. The lowest BCUT2D eigenvalue weighted by Gasteiger charge is -2.31. The Kier molecular flexibility index (Phi) is 4.78. The van der Waals surface area contributed by atoms with Gasteiger partial charge >= 0.3 is 0 Å². The van der Waals surface area contributed by atoms with Gasteiger partial charge in [-0.05, 0) is 31.6 Å². The van der Waals surface area contributed by atoms with Crippen molar-refractivity contribution < 1.29 is 4.79 Å². The summed E-state index contributed by atoms with van der Waals surface area (Å²) < 4.78 is 0. The number of carbonyl (C=O) groups is 1. The average molecular weight is 211 g/mol. The standard InChI is InChI=1S/C13H25NO/c1-10(2)7-14(8-11(3)9-15)12(4)13-5-6-13/h9-13H,5-8H2,1-4H3. The van der Waals surface area contributed by atoms with Crippen LogP contribution in [0.1, 0.15) is 40.5 Å². The van der Waals surface area contributed by atoms with E-state index in [0.717, 1.165) is 25.3 Å². The molecule has 15 heavy (non-hydrogen) atoms. The molecule has 88 valence electrons. The van der Waals surface area contributed by atoms with Crippen molar-refractivity contribution in [3.63, 3.8) is 0 Å². The van der Waals surface area contributed by atoms with Crippen LogP contribution in [0.2, 0.25) is 0 Å². The molecule has 0 spiro atoms. The summed E-state index contributed by atoms with van der Waals surface area (Å²) in [5.74, 6) is 1.75. The second kappa shape index (κ2) is 5.64. The minimum Gasteiger partial charge on any atom is -0.303 e. The lowest BCUT2D eigenvalue weighted by atomic mass is 10.1. The highest BCUT2D eigenvalue weighted by atomic mass is 16.1. The molecule has 1 fully saturated rings. The molecule has 0 N–H and O–H groups in total. The molecular weight excluding hydrogens is 186 g/mol. The van der Waals surface area contributed by atoms with E-state index in [1.165, 1.54) is 12.8 Å². The molecule has 0 aromatic rings. The molecule has 1 aliphatic carbocycles. The van der Waals surface area contributed by atoms with Crippen LogP contribution in [0.5, 0.6) is 0 Å². The van der Waals surface area contributed by atoms with E-state index in [0.29, 0.717) is 12.0 Å². The second-order valence-corrected chi connectivity index (χ2v) is 5.54. The first-order valence-corrected chi connectivity index (χ1v) is 6.24. The van der Waals surface area contributed by atoms with E-state index in [-0.39, 0.29) is 5.92 Å². The smallest absolute Gasteiger partial charge is 0.124 e. The summed E-state index contributed by atoms with van der Waals surface area (Å²) in [5, 5.41) is 0. The topological polar surface area (TPSA) is 20.3 Å². The number of rotatable bonds is 7. The number of nitrogens with zero attached hydrogens (tertiary/aromatic N) is 1. The van der Waals surface area contributed by atoms with Crippen LogP contribution in [0.15, 0.2) is 0 Å². The average Bonchev–Trinajstić information content (AvgIpc) is 2.98. The van der Waals surface area contributed by atoms with Crippen LogP contribution in [-0.2, 0) is 4.79 Å². The van der Waals surface area contributed by atoms with Gasteiger partial charge in [-0.3, -0.25) is 4.90 Å². The molecule has 0 amide bonds. The molecule has 2 atom stereocenters.